The van der Waals surface area contributed by atoms with Crippen molar-refractivity contribution in [3.8, 4) is 0 Å². The Hall–Kier alpha value is -1.25. The monoisotopic (exact) mass is 121 g/mol. The highest BCUT2D eigenvalue weighted by molar-refractivity contribution is 5.69. The standard InChI is InChI=1S/C6H7N3/c7-5-1-2-6-8-3-4-9(5)6/h1-3H,4,7H2. The van der Waals surface area contributed by atoms with E-state index in [9.17, 15) is 0 Å². The highest BCUT2D eigenvalue weighted by Gasteiger charge is 2.05. The van der Waals surface area contributed by atoms with E-state index >= 15 is 0 Å². The van der Waals surface area contributed by atoms with Gasteiger partial charge in [0.25, 0.3) is 0 Å². The Morgan fingerprint density at radius 1 is 1.56 bits per heavy atom. The number of hydrogen-bond donors (Lipinski definition) is 1. The van der Waals surface area contributed by atoms with E-state index in [0.717, 1.165) is 18.2 Å². The summed E-state index contributed by atoms with van der Waals surface area (Å²) in [6, 6.07) is 3.78. The Kier molecular flexibility index (Phi) is 0.704. The lowest BCUT2D eigenvalue weighted by atomic mass is 10.6. The van der Waals surface area contributed by atoms with Crippen LogP contribution >= 0.6 is 0 Å². The normalized spacial score (nSPS) is 14.2. The van der Waals surface area contributed by atoms with Crippen LogP contribution in [0, 0.1) is 0 Å². The molecule has 0 unspecified atom stereocenters. The van der Waals surface area contributed by atoms with E-state index in [4.69, 9.17) is 5.73 Å². The molecule has 0 aromatic carbocycles. The number of anilines is 1. The number of aliphatic imine (C=N–C) groups is 1. The number of rotatable bonds is 0. The maximum absolute atomic E-state index is 5.57. The van der Waals surface area contributed by atoms with Gasteiger partial charge in [0.2, 0.25) is 0 Å². The van der Waals surface area contributed by atoms with Crippen LogP contribution in [0.1, 0.15) is 0 Å². The molecule has 0 amide bonds. The molecule has 0 saturated carbocycles. The minimum Gasteiger partial charge on any atom is -0.385 e. The van der Waals surface area contributed by atoms with Gasteiger partial charge in [0, 0.05) is 6.21 Å². The molecule has 0 spiro atoms. The van der Waals surface area contributed by atoms with Crippen molar-refractivity contribution in [3.63, 3.8) is 0 Å². The molecule has 3 heteroatoms. The number of nitrogens with two attached hydrogens (primary N) is 1. The molecule has 1 aliphatic heterocycles. The summed E-state index contributed by atoms with van der Waals surface area (Å²) in [5.74, 6) is 1.76. The lowest BCUT2D eigenvalue weighted by Crippen LogP contribution is -1.97. The van der Waals surface area contributed by atoms with E-state index in [1.807, 2.05) is 22.9 Å². The van der Waals surface area contributed by atoms with E-state index in [1.54, 1.807) is 0 Å². The van der Waals surface area contributed by atoms with Gasteiger partial charge in [-0.2, -0.15) is 0 Å². The summed E-state index contributed by atoms with van der Waals surface area (Å²) in [7, 11) is 0. The molecule has 0 aliphatic carbocycles. The first kappa shape index (κ1) is 4.61. The van der Waals surface area contributed by atoms with E-state index in [0.29, 0.717) is 0 Å². The van der Waals surface area contributed by atoms with Crippen molar-refractivity contribution in [1.29, 1.82) is 0 Å². The van der Waals surface area contributed by atoms with Gasteiger partial charge in [0.05, 0.1) is 6.54 Å². The molecule has 2 rings (SSSR count). The minimum atomic E-state index is 0.794. The van der Waals surface area contributed by atoms with Gasteiger partial charge in [0.1, 0.15) is 11.6 Å². The van der Waals surface area contributed by atoms with Crippen LogP contribution in [0.2, 0.25) is 0 Å². The van der Waals surface area contributed by atoms with Gasteiger partial charge in [0.15, 0.2) is 0 Å². The first-order chi connectivity index (χ1) is 4.38. The summed E-state index contributed by atoms with van der Waals surface area (Å²) in [6.45, 7) is 0.828. The van der Waals surface area contributed by atoms with E-state index in [1.165, 1.54) is 0 Å². The Morgan fingerprint density at radius 3 is 3.22 bits per heavy atom. The van der Waals surface area contributed by atoms with Crippen molar-refractivity contribution >= 4 is 17.9 Å². The van der Waals surface area contributed by atoms with Gasteiger partial charge in [-0.3, -0.25) is 0 Å². The molecule has 1 aromatic rings. The topological polar surface area (TPSA) is 43.3 Å². The molecule has 0 fully saturated rings. The van der Waals surface area contributed by atoms with Gasteiger partial charge >= 0.3 is 0 Å². The minimum absolute atomic E-state index is 0.794. The molecule has 0 atom stereocenters. The summed E-state index contributed by atoms with van der Waals surface area (Å²) in [6.07, 6.45) is 1.85. The number of fused-ring (bicyclic) bond motifs is 1. The third kappa shape index (κ3) is 0.483. The quantitative estimate of drug-likeness (QED) is 0.541. The molecule has 0 radical (unpaired) electrons. The van der Waals surface area contributed by atoms with Crippen molar-refractivity contribution < 1.29 is 0 Å². The van der Waals surface area contributed by atoms with Crippen LogP contribution in [0.5, 0.6) is 0 Å². The maximum Gasteiger partial charge on any atom is 0.134 e. The zero-order valence-corrected chi connectivity index (χ0v) is 4.91. The molecule has 2 N–H and O–H groups in total. The molecule has 2 heterocycles. The number of nitrogens with zero attached hydrogens (tertiary/aromatic N) is 2. The second kappa shape index (κ2) is 1.37. The van der Waals surface area contributed by atoms with Crippen LogP contribution in [0.4, 0.5) is 11.6 Å². The third-order valence-corrected chi connectivity index (χ3v) is 1.48. The summed E-state index contributed by atoms with van der Waals surface area (Å²) >= 11 is 0. The van der Waals surface area contributed by atoms with Gasteiger partial charge in [-0.05, 0) is 12.1 Å². The second-order valence-electron chi connectivity index (χ2n) is 2.04. The van der Waals surface area contributed by atoms with Crippen molar-refractivity contribution in [3.05, 3.63) is 12.1 Å². The molecular formula is C6H7N3. The van der Waals surface area contributed by atoms with E-state index in [-0.39, 0.29) is 0 Å². The Bertz CT molecular complexity index is 259. The Labute approximate surface area is 52.8 Å². The van der Waals surface area contributed by atoms with Crippen LogP contribution in [0.25, 0.3) is 0 Å². The van der Waals surface area contributed by atoms with Crippen LogP contribution in [-0.2, 0) is 6.54 Å². The Morgan fingerprint density at radius 2 is 2.44 bits per heavy atom. The summed E-state index contributed by atoms with van der Waals surface area (Å²) < 4.78 is 1.96. The number of hydrogen-bond acceptors (Lipinski definition) is 2. The smallest absolute Gasteiger partial charge is 0.134 e. The summed E-state index contributed by atoms with van der Waals surface area (Å²) in [5, 5.41) is 0. The fourth-order valence-corrected chi connectivity index (χ4v) is 1.000. The summed E-state index contributed by atoms with van der Waals surface area (Å²) in [5.41, 5.74) is 5.57. The van der Waals surface area contributed by atoms with Crippen molar-refractivity contribution in [2.75, 3.05) is 5.73 Å². The molecule has 0 bridgehead atoms. The number of nitrogen functional groups attached to an aromatic ring is 1. The SMILES string of the molecule is Nc1ccc2n1CC=N2. The predicted molar refractivity (Wildman–Crippen MR) is 37.0 cm³/mol. The van der Waals surface area contributed by atoms with Crippen molar-refractivity contribution in [2.45, 2.75) is 6.54 Å². The van der Waals surface area contributed by atoms with E-state index < -0.39 is 0 Å². The van der Waals surface area contributed by atoms with Gasteiger partial charge in [-0.25, -0.2) is 4.99 Å². The van der Waals surface area contributed by atoms with Gasteiger partial charge in [-0.1, -0.05) is 0 Å². The molecule has 0 saturated heterocycles. The molecule has 1 aliphatic rings. The molecular weight excluding hydrogens is 114 g/mol. The lowest BCUT2D eigenvalue weighted by Gasteiger charge is -1.95. The van der Waals surface area contributed by atoms with Crippen molar-refractivity contribution in [2.24, 2.45) is 4.99 Å². The van der Waals surface area contributed by atoms with Crippen LogP contribution in [-0.4, -0.2) is 10.8 Å². The average molecular weight is 121 g/mol. The highest BCUT2D eigenvalue weighted by atomic mass is 15.2. The summed E-state index contributed by atoms with van der Waals surface area (Å²) in [4.78, 5) is 4.08. The molecule has 3 nitrogen and oxygen atoms in total. The van der Waals surface area contributed by atoms with Crippen LogP contribution in [0.3, 0.4) is 0 Å². The fourth-order valence-electron chi connectivity index (χ4n) is 1.000. The third-order valence-electron chi connectivity index (χ3n) is 1.48. The maximum atomic E-state index is 5.57. The lowest BCUT2D eigenvalue weighted by molar-refractivity contribution is 0.922. The largest absolute Gasteiger partial charge is 0.385 e. The zero-order chi connectivity index (χ0) is 6.27. The number of aromatic nitrogens is 1. The molecule has 46 valence electrons. The fraction of sp³-hybridized carbons (Fsp3) is 0.167. The zero-order valence-electron chi connectivity index (χ0n) is 4.91. The average Bonchev–Trinajstić information content (AvgIpc) is 2.35. The highest BCUT2D eigenvalue weighted by Crippen LogP contribution is 2.21. The van der Waals surface area contributed by atoms with Gasteiger partial charge in [-0.15, -0.1) is 0 Å². The Balaban J connectivity index is 2.65. The first-order valence-electron chi connectivity index (χ1n) is 2.85. The van der Waals surface area contributed by atoms with Gasteiger partial charge < -0.3 is 10.3 Å². The van der Waals surface area contributed by atoms with E-state index in [2.05, 4.69) is 4.99 Å². The predicted octanol–water partition coefficient (Wildman–Crippen LogP) is 0.786. The van der Waals surface area contributed by atoms with Crippen molar-refractivity contribution in [1.82, 2.24) is 4.57 Å². The van der Waals surface area contributed by atoms with Crippen LogP contribution < -0.4 is 5.73 Å². The molecule has 9 heavy (non-hydrogen) atoms. The van der Waals surface area contributed by atoms with Crippen LogP contribution in [0.15, 0.2) is 17.1 Å². The first-order valence-corrected chi connectivity index (χ1v) is 2.85. The second-order valence-corrected chi connectivity index (χ2v) is 2.04. The molecule has 1 aromatic heterocycles.